The largest absolute Gasteiger partial charge is 0.317 e. The lowest BCUT2D eigenvalue weighted by atomic mass is 10.0. The first kappa shape index (κ1) is 32.0. The Hall–Kier alpha value is -0.0400. The summed E-state index contributed by atoms with van der Waals surface area (Å²) in [5.41, 5.74) is 0. The minimum atomic E-state index is 1.24. The van der Waals surface area contributed by atoms with Crippen molar-refractivity contribution >= 4 is 0 Å². The van der Waals surface area contributed by atoms with Gasteiger partial charge >= 0.3 is 0 Å². The van der Waals surface area contributed by atoms with Gasteiger partial charge in [0.15, 0.2) is 0 Å². The second-order valence-corrected chi connectivity index (χ2v) is 10.6. The lowest BCUT2D eigenvalue weighted by molar-refractivity contribution is 0.516. The summed E-state index contributed by atoms with van der Waals surface area (Å²) in [7, 11) is 0. The third kappa shape index (κ3) is 30.0. The number of hydrogen-bond donors (Lipinski definition) is 1. The van der Waals surface area contributed by atoms with Gasteiger partial charge in [-0.05, 0) is 25.9 Å². The lowest BCUT2D eigenvalue weighted by Crippen LogP contribution is -2.16. The monoisotopic (exact) mass is 452 g/mol. The molecule has 0 saturated carbocycles. The molecule has 0 aliphatic carbocycles. The van der Waals surface area contributed by atoms with Crippen LogP contribution in [0.3, 0.4) is 0 Å². The van der Waals surface area contributed by atoms with E-state index in [9.17, 15) is 0 Å². The Morgan fingerprint density at radius 1 is 0.250 bits per heavy atom. The van der Waals surface area contributed by atoms with Gasteiger partial charge in [0.1, 0.15) is 0 Å². The molecule has 1 heteroatoms. The third-order valence-electron chi connectivity index (χ3n) is 7.16. The maximum atomic E-state index is 3.65. The molecule has 0 aliphatic rings. The number of hydrogen-bond acceptors (Lipinski definition) is 1. The summed E-state index contributed by atoms with van der Waals surface area (Å²) in [6.45, 7) is 7.09. The molecule has 32 heavy (non-hydrogen) atoms. The van der Waals surface area contributed by atoms with Gasteiger partial charge in [-0.25, -0.2) is 0 Å². The standard InChI is InChI=1S/C31H65N/c1-3-5-7-9-11-12-13-14-15-16-17-18-19-20-21-22-23-25-27-29-31-32-30-28-26-24-10-8-6-4-2/h32H,3-31H2,1-2H3. The molecule has 1 N–H and O–H groups in total. The minimum Gasteiger partial charge on any atom is -0.317 e. The fourth-order valence-electron chi connectivity index (χ4n) is 4.84. The van der Waals surface area contributed by atoms with Gasteiger partial charge in [0, 0.05) is 0 Å². The van der Waals surface area contributed by atoms with Crippen molar-refractivity contribution in [3.63, 3.8) is 0 Å². The fourth-order valence-corrected chi connectivity index (χ4v) is 4.84. The number of rotatable bonds is 29. The summed E-state index contributed by atoms with van der Waals surface area (Å²) < 4.78 is 0. The summed E-state index contributed by atoms with van der Waals surface area (Å²) in [5.74, 6) is 0. The summed E-state index contributed by atoms with van der Waals surface area (Å²) in [4.78, 5) is 0. The molecule has 0 rings (SSSR count). The van der Waals surface area contributed by atoms with Crippen molar-refractivity contribution in [2.24, 2.45) is 0 Å². The van der Waals surface area contributed by atoms with Gasteiger partial charge in [0.25, 0.3) is 0 Å². The Labute approximate surface area is 205 Å². The first-order valence-corrected chi connectivity index (χ1v) is 15.6. The fraction of sp³-hybridized carbons (Fsp3) is 1.00. The van der Waals surface area contributed by atoms with Gasteiger partial charge in [-0.3, -0.25) is 0 Å². The molecule has 0 aromatic heterocycles. The number of unbranched alkanes of at least 4 members (excludes halogenated alkanes) is 25. The van der Waals surface area contributed by atoms with E-state index in [4.69, 9.17) is 0 Å². The molecule has 1 nitrogen and oxygen atoms in total. The first-order valence-electron chi connectivity index (χ1n) is 15.6. The minimum absolute atomic E-state index is 1.24. The van der Waals surface area contributed by atoms with Gasteiger partial charge in [0.2, 0.25) is 0 Å². The van der Waals surface area contributed by atoms with E-state index in [1.54, 1.807) is 0 Å². The van der Waals surface area contributed by atoms with Crippen molar-refractivity contribution in [2.45, 2.75) is 187 Å². The predicted molar refractivity (Wildman–Crippen MR) is 149 cm³/mol. The third-order valence-corrected chi connectivity index (χ3v) is 7.16. The zero-order chi connectivity index (χ0) is 23.2. The van der Waals surface area contributed by atoms with E-state index in [1.165, 1.54) is 186 Å². The highest BCUT2D eigenvalue weighted by Gasteiger charge is 1.96. The average Bonchev–Trinajstić information content (AvgIpc) is 2.81. The van der Waals surface area contributed by atoms with E-state index in [1.807, 2.05) is 0 Å². The molecular weight excluding hydrogens is 386 g/mol. The highest BCUT2D eigenvalue weighted by molar-refractivity contribution is 4.53. The van der Waals surface area contributed by atoms with Crippen LogP contribution in [0.2, 0.25) is 0 Å². The molecule has 0 heterocycles. The van der Waals surface area contributed by atoms with Crippen LogP contribution in [0.1, 0.15) is 187 Å². The smallest absolute Gasteiger partial charge is 0.00489 e. The Morgan fingerprint density at radius 2 is 0.438 bits per heavy atom. The Morgan fingerprint density at radius 3 is 0.656 bits per heavy atom. The molecule has 0 fully saturated rings. The highest BCUT2D eigenvalue weighted by atomic mass is 14.8. The van der Waals surface area contributed by atoms with Crippen LogP contribution in [0.15, 0.2) is 0 Å². The van der Waals surface area contributed by atoms with Gasteiger partial charge in [0.05, 0.1) is 0 Å². The van der Waals surface area contributed by atoms with Gasteiger partial charge in [-0.2, -0.15) is 0 Å². The topological polar surface area (TPSA) is 12.0 Å². The van der Waals surface area contributed by atoms with Crippen molar-refractivity contribution in [2.75, 3.05) is 13.1 Å². The van der Waals surface area contributed by atoms with E-state index in [2.05, 4.69) is 19.2 Å². The molecule has 0 radical (unpaired) electrons. The average molecular weight is 452 g/mol. The normalized spacial score (nSPS) is 11.4. The highest BCUT2D eigenvalue weighted by Crippen LogP contribution is 2.14. The molecule has 0 amide bonds. The second kappa shape index (κ2) is 31.0. The Kier molecular flexibility index (Phi) is 30.9. The van der Waals surface area contributed by atoms with E-state index in [-0.39, 0.29) is 0 Å². The summed E-state index contributed by atoms with van der Waals surface area (Å²) in [6.07, 6.45) is 39.3. The Bertz CT molecular complexity index is 271. The van der Waals surface area contributed by atoms with Crippen molar-refractivity contribution in [3.05, 3.63) is 0 Å². The summed E-state index contributed by atoms with van der Waals surface area (Å²) in [6, 6.07) is 0. The predicted octanol–water partition coefficient (Wildman–Crippen LogP) is 11.1. The van der Waals surface area contributed by atoms with Crippen LogP contribution in [0, 0.1) is 0 Å². The van der Waals surface area contributed by atoms with Crippen molar-refractivity contribution < 1.29 is 0 Å². The van der Waals surface area contributed by atoms with Crippen LogP contribution >= 0.6 is 0 Å². The zero-order valence-corrected chi connectivity index (χ0v) is 23.0. The van der Waals surface area contributed by atoms with Gasteiger partial charge < -0.3 is 5.32 Å². The van der Waals surface area contributed by atoms with Crippen LogP contribution in [0.4, 0.5) is 0 Å². The quantitative estimate of drug-likeness (QED) is 0.111. The molecule has 0 aliphatic heterocycles. The van der Waals surface area contributed by atoms with Crippen LogP contribution in [0.25, 0.3) is 0 Å². The zero-order valence-electron chi connectivity index (χ0n) is 23.0. The second-order valence-electron chi connectivity index (χ2n) is 10.6. The van der Waals surface area contributed by atoms with E-state index >= 15 is 0 Å². The summed E-state index contributed by atoms with van der Waals surface area (Å²) >= 11 is 0. The van der Waals surface area contributed by atoms with Gasteiger partial charge in [-0.1, -0.05) is 174 Å². The maximum Gasteiger partial charge on any atom is -0.00489 e. The molecule has 0 unspecified atom stereocenters. The SMILES string of the molecule is CCCCCCCCCCCCCCCCCCCCCCNCCCCCCCCC. The molecule has 0 bridgehead atoms. The van der Waals surface area contributed by atoms with E-state index in [0.717, 1.165) is 0 Å². The van der Waals surface area contributed by atoms with Crippen molar-refractivity contribution in [3.8, 4) is 0 Å². The molecule has 0 aromatic carbocycles. The lowest BCUT2D eigenvalue weighted by Gasteiger charge is -2.05. The first-order chi connectivity index (χ1) is 15.9. The van der Waals surface area contributed by atoms with Crippen molar-refractivity contribution in [1.82, 2.24) is 5.32 Å². The maximum absolute atomic E-state index is 3.65. The van der Waals surface area contributed by atoms with E-state index < -0.39 is 0 Å². The van der Waals surface area contributed by atoms with Crippen LogP contribution in [-0.4, -0.2) is 13.1 Å². The summed E-state index contributed by atoms with van der Waals surface area (Å²) in [5, 5.41) is 3.65. The van der Waals surface area contributed by atoms with E-state index in [0.29, 0.717) is 0 Å². The van der Waals surface area contributed by atoms with Crippen LogP contribution in [0.5, 0.6) is 0 Å². The molecule has 0 spiro atoms. The molecule has 0 saturated heterocycles. The molecular formula is C31H65N. The van der Waals surface area contributed by atoms with Gasteiger partial charge in [-0.15, -0.1) is 0 Å². The number of nitrogens with one attached hydrogen (secondary N) is 1. The van der Waals surface area contributed by atoms with Crippen LogP contribution < -0.4 is 5.32 Å². The van der Waals surface area contributed by atoms with Crippen molar-refractivity contribution in [1.29, 1.82) is 0 Å². The molecule has 194 valence electrons. The molecule has 0 aromatic rings. The van der Waals surface area contributed by atoms with Crippen LogP contribution in [-0.2, 0) is 0 Å². The molecule has 0 atom stereocenters. The Balaban J connectivity index is 2.98.